The van der Waals surface area contributed by atoms with Gasteiger partial charge in [0.15, 0.2) is 5.11 Å². The second-order valence-corrected chi connectivity index (χ2v) is 6.38. The van der Waals surface area contributed by atoms with E-state index in [9.17, 15) is 18.0 Å². The van der Waals surface area contributed by atoms with Crippen LogP contribution in [0.3, 0.4) is 0 Å². The highest BCUT2D eigenvalue weighted by atomic mass is 32.1. The number of rotatable bonds is 7. The third-order valence-electron chi connectivity index (χ3n) is 4.23. The minimum absolute atomic E-state index is 0.0222. The quantitative estimate of drug-likeness (QED) is 0.319. The van der Waals surface area contributed by atoms with E-state index in [1.807, 2.05) is 0 Å². The summed E-state index contributed by atoms with van der Waals surface area (Å²) < 4.78 is 50.7. The molecule has 1 aliphatic heterocycles. The van der Waals surface area contributed by atoms with Crippen LogP contribution in [-0.4, -0.2) is 42.8 Å². The van der Waals surface area contributed by atoms with E-state index in [1.54, 1.807) is 17.9 Å². The molecule has 0 aromatic heterocycles. The summed E-state index contributed by atoms with van der Waals surface area (Å²) in [6, 6.07) is 3.97. The lowest BCUT2D eigenvalue weighted by molar-refractivity contribution is -0.142. The second-order valence-electron chi connectivity index (χ2n) is 5.99. The summed E-state index contributed by atoms with van der Waals surface area (Å²) >= 11 is 5.31. The molecular formula is C19H21F3N2O3S. The maximum absolute atomic E-state index is 13.5. The van der Waals surface area contributed by atoms with Gasteiger partial charge in [-0.3, -0.25) is 0 Å². The van der Waals surface area contributed by atoms with Gasteiger partial charge in [0.2, 0.25) is 0 Å². The highest BCUT2D eigenvalue weighted by Crippen LogP contribution is 2.39. The number of allylic oxidation sites excluding steroid dienone is 1. The number of benzene rings is 1. The van der Waals surface area contributed by atoms with E-state index in [1.165, 1.54) is 25.3 Å². The van der Waals surface area contributed by atoms with Crippen molar-refractivity contribution in [3.63, 3.8) is 0 Å². The third kappa shape index (κ3) is 4.71. The Morgan fingerprint density at radius 1 is 1.36 bits per heavy atom. The SMILES string of the molecule is C=CCN1C(=S)N[C@@H](c2ccccc2C(F)(F)F)C(C(=O)OCCOC)=C1C. The lowest BCUT2D eigenvalue weighted by Gasteiger charge is -2.37. The normalized spacial score (nSPS) is 17.4. The zero-order chi connectivity index (χ0) is 20.9. The fraction of sp³-hybridized carbons (Fsp3) is 0.368. The second kappa shape index (κ2) is 9.20. The smallest absolute Gasteiger partial charge is 0.416 e. The highest BCUT2D eigenvalue weighted by Gasteiger charge is 2.40. The Labute approximate surface area is 166 Å². The Kier molecular flexibility index (Phi) is 7.20. The van der Waals surface area contributed by atoms with E-state index in [0.717, 1.165) is 6.07 Å². The van der Waals surface area contributed by atoms with Crippen molar-refractivity contribution in [1.29, 1.82) is 0 Å². The van der Waals surface area contributed by atoms with Gasteiger partial charge >= 0.3 is 12.1 Å². The molecule has 0 saturated carbocycles. The van der Waals surface area contributed by atoms with Crippen LogP contribution in [0.25, 0.3) is 0 Å². The Morgan fingerprint density at radius 2 is 2.04 bits per heavy atom. The van der Waals surface area contributed by atoms with E-state index in [4.69, 9.17) is 21.7 Å². The molecule has 0 aliphatic carbocycles. The third-order valence-corrected chi connectivity index (χ3v) is 4.56. The number of carbonyl (C=O) groups excluding carboxylic acids is 1. The van der Waals surface area contributed by atoms with Crippen LogP contribution in [-0.2, 0) is 20.4 Å². The Balaban J connectivity index is 2.57. The highest BCUT2D eigenvalue weighted by molar-refractivity contribution is 7.80. The number of hydrogen-bond donors (Lipinski definition) is 1. The number of alkyl halides is 3. The van der Waals surface area contributed by atoms with Crippen LogP contribution in [0, 0.1) is 0 Å². The summed E-state index contributed by atoms with van der Waals surface area (Å²) in [5, 5.41) is 3.05. The minimum Gasteiger partial charge on any atom is -0.460 e. The monoisotopic (exact) mass is 414 g/mol. The summed E-state index contributed by atoms with van der Waals surface area (Å²) in [6.07, 6.45) is -3.01. The molecule has 1 N–H and O–H groups in total. The van der Waals surface area contributed by atoms with Crippen molar-refractivity contribution < 1.29 is 27.4 Å². The maximum Gasteiger partial charge on any atom is 0.416 e. The van der Waals surface area contributed by atoms with E-state index >= 15 is 0 Å². The number of methoxy groups -OCH3 is 1. The van der Waals surface area contributed by atoms with E-state index in [2.05, 4.69) is 11.9 Å². The average molecular weight is 414 g/mol. The molecule has 0 bridgehead atoms. The first-order valence-electron chi connectivity index (χ1n) is 8.44. The van der Waals surface area contributed by atoms with Gasteiger partial charge in [0, 0.05) is 19.4 Å². The Bertz CT molecular complexity index is 793. The number of carbonyl (C=O) groups is 1. The van der Waals surface area contributed by atoms with Crippen LogP contribution in [0.2, 0.25) is 0 Å². The molecule has 0 fully saturated rings. The fourth-order valence-electron chi connectivity index (χ4n) is 2.93. The zero-order valence-electron chi connectivity index (χ0n) is 15.5. The topological polar surface area (TPSA) is 50.8 Å². The Morgan fingerprint density at radius 3 is 2.64 bits per heavy atom. The molecular weight excluding hydrogens is 393 g/mol. The van der Waals surface area contributed by atoms with Crippen molar-refractivity contribution in [3.8, 4) is 0 Å². The number of hydrogen-bond acceptors (Lipinski definition) is 4. The predicted octanol–water partition coefficient (Wildman–Crippen LogP) is 3.59. The van der Waals surface area contributed by atoms with Crippen molar-refractivity contribution >= 4 is 23.3 Å². The zero-order valence-corrected chi connectivity index (χ0v) is 16.3. The van der Waals surface area contributed by atoms with Crippen molar-refractivity contribution in [2.45, 2.75) is 19.1 Å². The summed E-state index contributed by atoms with van der Waals surface area (Å²) in [4.78, 5) is 14.3. The van der Waals surface area contributed by atoms with Gasteiger partial charge in [0.05, 0.1) is 23.8 Å². The van der Waals surface area contributed by atoms with Gasteiger partial charge in [-0.2, -0.15) is 13.2 Å². The Hall–Kier alpha value is -2.39. The molecule has 1 aromatic rings. The lowest BCUT2D eigenvalue weighted by atomic mass is 9.91. The van der Waals surface area contributed by atoms with E-state index in [0.29, 0.717) is 12.2 Å². The van der Waals surface area contributed by atoms with Gasteiger partial charge in [-0.15, -0.1) is 6.58 Å². The van der Waals surface area contributed by atoms with Gasteiger partial charge in [-0.1, -0.05) is 24.3 Å². The maximum atomic E-state index is 13.5. The molecule has 5 nitrogen and oxygen atoms in total. The molecule has 0 unspecified atom stereocenters. The van der Waals surface area contributed by atoms with Crippen molar-refractivity contribution in [3.05, 3.63) is 59.3 Å². The molecule has 152 valence electrons. The first-order valence-corrected chi connectivity index (χ1v) is 8.85. The number of nitrogens with zero attached hydrogens (tertiary/aromatic N) is 1. The van der Waals surface area contributed by atoms with Gasteiger partial charge in [0.25, 0.3) is 0 Å². The van der Waals surface area contributed by atoms with E-state index in [-0.39, 0.29) is 29.5 Å². The van der Waals surface area contributed by atoms with Crippen LogP contribution in [0.5, 0.6) is 0 Å². The molecule has 9 heteroatoms. The number of halogens is 3. The first-order chi connectivity index (χ1) is 13.2. The molecule has 1 aliphatic rings. The number of ether oxygens (including phenoxy) is 2. The van der Waals surface area contributed by atoms with Gasteiger partial charge in [-0.05, 0) is 30.8 Å². The van der Waals surface area contributed by atoms with Gasteiger partial charge in [0.1, 0.15) is 6.61 Å². The molecule has 1 atom stereocenters. The van der Waals surface area contributed by atoms with Crippen LogP contribution in [0.15, 0.2) is 48.2 Å². The molecule has 2 rings (SSSR count). The first kappa shape index (κ1) is 21.9. The van der Waals surface area contributed by atoms with E-state index < -0.39 is 23.8 Å². The average Bonchev–Trinajstić information content (AvgIpc) is 2.64. The molecule has 28 heavy (non-hydrogen) atoms. The van der Waals surface area contributed by atoms with Gasteiger partial charge < -0.3 is 19.7 Å². The lowest BCUT2D eigenvalue weighted by Crippen LogP contribution is -2.48. The van der Waals surface area contributed by atoms with Crippen LogP contribution in [0.1, 0.15) is 24.1 Å². The van der Waals surface area contributed by atoms with Gasteiger partial charge in [-0.25, -0.2) is 4.79 Å². The molecule has 0 amide bonds. The summed E-state index contributed by atoms with van der Waals surface area (Å²) in [5.74, 6) is -0.736. The fourth-order valence-corrected chi connectivity index (χ4v) is 3.26. The van der Waals surface area contributed by atoms with Crippen LogP contribution in [0.4, 0.5) is 13.2 Å². The molecule has 0 saturated heterocycles. The van der Waals surface area contributed by atoms with Crippen molar-refractivity contribution in [1.82, 2.24) is 10.2 Å². The summed E-state index contributed by atoms with van der Waals surface area (Å²) in [6.45, 7) is 5.70. The van der Waals surface area contributed by atoms with Crippen LogP contribution >= 0.6 is 12.2 Å². The standard InChI is InChI=1S/C19H21F3N2O3S/c1-4-9-24-12(2)15(17(25)27-11-10-26-3)16(23-18(24)28)13-7-5-6-8-14(13)19(20,21)22/h4-8,16H,1,9-11H2,2-3H3,(H,23,28)/t16-/m0/s1. The van der Waals surface area contributed by atoms with Crippen molar-refractivity contribution in [2.75, 3.05) is 26.9 Å². The van der Waals surface area contributed by atoms with Crippen LogP contribution < -0.4 is 5.32 Å². The molecule has 1 heterocycles. The molecule has 0 spiro atoms. The largest absolute Gasteiger partial charge is 0.460 e. The minimum atomic E-state index is -4.59. The summed E-state index contributed by atoms with van der Waals surface area (Å²) in [5.41, 5.74) is -0.479. The number of nitrogens with one attached hydrogen (secondary N) is 1. The number of esters is 1. The molecule has 1 aromatic carbocycles. The molecule has 0 radical (unpaired) electrons. The van der Waals surface area contributed by atoms with Crippen molar-refractivity contribution in [2.24, 2.45) is 0 Å². The summed E-state index contributed by atoms with van der Waals surface area (Å²) in [7, 11) is 1.45. The number of thiocarbonyl (C=S) groups is 1. The predicted molar refractivity (Wildman–Crippen MR) is 102 cm³/mol.